The van der Waals surface area contributed by atoms with Crippen molar-refractivity contribution in [3.05, 3.63) is 77.8 Å². The molecule has 0 spiro atoms. The fraction of sp³-hybridized carbons (Fsp3) is 0.292. The van der Waals surface area contributed by atoms with E-state index in [-0.39, 0.29) is 12.1 Å². The topological polar surface area (TPSA) is 70.8 Å². The number of aromatic nitrogens is 1. The molecule has 0 amide bonds. The number of likely N-dealkylation sites (N-methyl/N-ethyl adjacent to an activating group) is 1. The Morgan fingerprint density at radius 2 is 1.97 bits per heavy atom. The summed E-state index contributed by atoms with van der Waals surface area (Å²) in [5.74, 6) is 0.953. The predicted octanol–water partition coefficient (Wildman–Crippen LogP) is 3.66. The molecule has 2 aromatic heterocycles. The quantitative estimate of drug-likeness (QED) is 0.432. The summed E-state index contributed by atoms with van der Waals surface area (Å²) >= 11 is 5.68. The molecule has 2 atom stereocenters. The molecule has 1 aliphatic rings. The summed E-state index contributed by atoms with van der Waals surface area (Å²) in [6.07, 6.45) is 1.78. The van der Waals surface area contributed by atoms with Gasteiger partial charge in [0.25, 0.3) is 0 Å². The predicted molar refractivity (Wildman–Crippen MR) is 126 cm³/mol. The number of benzene rings is 1. The summed E-state index contributed by atoms with van der Waals surface area (Å²) < 4.78 is 11.3. The maximum absolute atomic E-state index is 12.2. The van der Waals surface area contributed by atoms with Crippen LogP contribution in [0.3, 0.4) is 0 Å². The van der Waals surface area contributed by atoms with Gasteiger partial charge in [0.1, 0.15) is 17.6 Å². The number of ether oxygens (including phenoxy) is 1. The van der Waals surface area contributed by atoms with Gasteiger partial charge in [-0.15, -0.1) is 0 Å². The van der Waals surface area contributed by atoms with Gasteiger partial charge >= 0.3 is 5.97 Å². The first-order valence-corrected chi connectivity index (χ1v) is 10.8. The lowest BCUT2D eigenvalue weighted by molar-refractivity contribution is 0.0601. The molecule has 1 aliphatic heterocycles. The standard InChI is InChI=1S/C24H26N4O3S/c1-27(2)14-15-28-22(21(26-24(28)32)18-10-6-7-13-25-18)20-12-11-19(31-20)16-8-4-5-9-17(16)23(29)30-3/h4-13,21-22H,14-15H2,1-3H3,(H,26,32)/t21-,22+/m1/s1. The third kappa shape index (κ3) is 4.37. The van der Waals surface area contributed by atoms with Gasteiger partial charge in [0, 0.05) is 24.8 Å². The number of thiocarbonyl (C=S) groups is 1. The van der Waals surface area contributed by atoms with E-state index >= 15 is 0 Å². The fourth-order valence-electron chi connectivity index (χ4n) is 3.91. The van der Waals surface area contributed by atoms with E-state index in [0.717, 1.165) is 24.5 Å². The van der Waals surface area contributed by atoms with Crippen molar-refractivity contribution < 1.29 is 13.9 Å². The van der Waals surface area contributed by atoms with Gasteiger partial charge in [0.2, 0.25) is 0 Å². The Morgan fingerprint density at radius 1 is 1.19 bits per heavy atom. The van der Waals surface area contributed by atoms with Crippen molar-refractivity contribution in [2.24, 2.45) is 0 Å². The molecule has 0 bridgehead atoms. The monoisotopic (exact) mass is 450 g/mol. The first kappa shape index (κ1) is 22.0. The van der Waals surface area contributed by atoms with Crippen LogP contribution in [0.5, 0.6) is 0 Å². The molecule has 0 unspecified atom stereocenters. The van der Waals surface area contributed by atoms with Crippen molar-refractivity contribution in [3.8, 4) is 11.3 Å². The van der Waals surface area contributed by atoms with Crippen LogP contribution in [0.15, 0.2) is 65.2 Å². The van der Waals surface area contributed by atoms with Gasteiger partial charge in [-0.2, -0.15) is 0 Å². The number of pyridine rings is 1. The average Bonchev–Trinajstić information content (AvgIpc) is 3.42. The Hall–Kier alpha value is -3.23. The Balaban J connectivity index is 1.73. The van der Waals surface area contributed by atoms with E-state index in [1.54, 1.807) is 18.3 Å². The molecule has 1 saturated heterocycles. The summed E-state index contributed by atoms with van der Waals surface area (Å²) in [5.41, 5.74) is 2.04. The van der Waals surface area contributed by atoms with Crippen molar-refractivity contribution in [2.45, 2.75) is 12.1 Å². The van der Waals surface area contributed by atoms with Crippen LogP contribution in [0.25, 0.3) is 11.3 Å². The zero-order valence-electron chi connectivity index (χ0n) is 18.3. The van der Waals surface area contributed by atoms with Gasteiger partial charge < -0.3 is 24.3 Å². The molecule has 166 valence electrons. The Bertz CT molecular complexity index is 1100. The number of furan rings is 1. The Labute approximate surface area is 193 Å². The largest absolute Gasteiger partial charge is 0.465 e. The van der Waals surface area contributed by atoms with Crippen LogP contribution in [0.1, 0.15) is 33.9 Å². The van der Waals surface area contributed by atoms with Gasteiger partial charge in [0.05, 0.1) is 24.4 Å². The highest BCUT2D eigenvalue weighted by atomic mass is 32.1. The van der Waals surface area contributed by atoms with Gasteiger partial charge in [-0.3, -0.25) is 4.98 Å². The second kappa shape index (κ2) is 9.50. The van der Waals surface area contributed by atoms with E-state index in [1.165, 1.54) is 7.11 Å². The molecule has 0 aliphatic carbocycles. The second-order valence-electron chi connectivity index (χ2n) is 7.86. The average molecular weight is 451 g/mol. The minimum absolute atomic E-state index is 0.152. The van der Waals surface area contributed by atoms with Crippen LogP contribution in [-0.4, -0.2) is 60.2 Å². The van der Waals surface area contributed by atoms with Gasteiger partial charge in [-0.1, -0.05) is 24.3 Å². The van der Waals surface area contributed by atoms with E-state index < -0.39 is 5.97 Å². The van der Waals surface area contributed by atoms with E-state index in [2.05, 4.69) is 20.1 Å². The van der Waals surface area contributed by atoms with Crippen LogP contribution < -0.4 is 5.32 Å². The molecule has 32 heavy (non-hydrogen) atoms. The summed E-state index contributed by atoms with van der Waals surface area (Å²) in [6, 6.07) is 16.6. The summed E-state index contributed by atoms with van der Waals surface area (Å²) in [4.78, 5) is 21.1. The number of esters is 1. The summed E-state index contributed by atoms with van der Waals surface area (Å²) in [7, 11) is 5.44. The lowest BCUT2D eigenvalue weighted by Crippen LogP contribution is -2.35. The molecule has 8 heteroatoms. The molecular formula is C24H26N4O3S. The fourth-order valence-corrected chi connectivity index (χ4v) is 4.24. The normalized spacial score (nSPS) is 18.1. The number of methoxy groups -OCH3 is 1. The molecular weight excluding hydrogens is 424 g/mol. The summed E-state index contributed by atoms with van der Waals surface area (Å²) in [6.45, 7) is 1.58. The maximum atomic E-state index is 12.2. The molecule has 3 heterocycles. The van der Waals surface area contributed by atoms with Crippen LogP contribution >= 0.6 is 12.2 Å². The van der Waals surface area contributed by atoms with E-state index in [0.29, 0.717) is 22.0 Å². The third-order valence-corrected chi connectivity index (χ3v) is 5.85. The highest BCUT2D eigenvalue weighted by molar-refractivity contribution is 7.80. The van der Waals surface area contributed by atoms with Gasteiger partial charge in [-0.05, 0) is 56.6 Å². The molecule has 1 fully saturated rings. The van der Waals surface area contributed by atoms with Crippen LogP contribution in [0, 0.1) is 0 Å². The highest BCUT2D eigenvalue weighted by Crippen LogP contribution is 2.40. The van der Waals surface area contributed by atoms with Gasteiger partial charge in [-0.25, -0.2) is 4.79 Å². The first-order chi connectivity index (χ1) is 15.5. The van der Waals surface area contributed by atoms with E-state index in [4.69, 9.17) is 21.4 Å². The van der Waals surface area contributed by atoms with E-state index in [9.17, 15) is 4.79 Å². The zero-order valence-corrected chi connectivity index (χ0v) is 19.1. The number of carbonyl (C=O) groups is 1. The second-order valence-corrected chi connectivity index (χ2v) is 8.25. The van der Waals surface area contributed by atoms with E-state index in [1.807, 2.05) is 56.6 Å². The number of hydrogen-bond acceptors (Lipinski definition) is 6. The minimum Gasteiger partial charge on any atom is -0.465 e. The third-order valence-electron chi connectivity index (χ3n) is 5.50. The Morgan fingerprint density at radius 3 is 2.69 bits per heavy atom. The highest BCUT2D eigenvalue weighted by Gasteiger charge is 2.41. The number of nitrogens with zero attached hydrogens (tertiary/aromatic N) is 3. The van der Waals surface area contributed by atoms with Crippen molar-refractivity contribution in [3.63, 3.8) is 0 Å². The van der Waals surface area contributed by atoms with Crippen LogP contribution in [0.2, 0.25) is 0 Å². The molecule has 7 nitrogen and oxygen atoms in total. The molecule has 1 aromatic carbocycles. The smallest absolute Gasteiger partial charge is 0.338 e. The molecule has 4 rings (SSSR count). The molecule has 0 saturated carbocycles. The Kier molecular flexibility index (Phi) is 6.53. The number of hydrogen-bond donors (Lipinski definition) is 1. The first-order valence-electron chi connectivity index (χ1n) is 10.4. The number of nitrogens with one attached hydrogen (secondary N) is 1. The number of rotatable bonds is 7. The molecule has 3 aromatic rings. The van der Waals surface area contributed by atoms with Crippen molar-refractivity contribution in [2.75, 3.05) is 34.3 Å². The maximum Gasteiger partial charge on any atom is 0.338 e. The summed E-state index contributed by atoms with van der Waals surface area (Å²) in [5, 5.41) is 4.09. The number of carbonyl (C=O) groups excluding carboxylic acids is 1. The molecule has 1 N–H and O–H groups in total. The minimum atomic E-state index is -0.402. The lowest BCUT2D eigenvalue weighted by Gasteiger charge is -2.27. The lowest BCUT2D eigenvalue weighted by atomic mass is 10.0. The van der Waals surface area contributed by atoms with Crippen LogP contribution in [-0.2, 0) is 4.74 Å². The van der Waals surface area contributed by atoms with Crippen molar-refractivity contribution >= 4 is 23.3 Å². The SMILES string of the molecule is COC(=O)c1ccccc1-c1ccc([C@H]2[C@@H](c3ccccn3)NC(=S)N2CCN(C)C)o1. The molecule has 0 radical (unpaired) electrons. The van der Waals surface area contributed by atoms with Crippen molar-refractivity contribution in [1.29, 1.82) is 0 Å². The van der Waals surface area contributed by atoms with Gasteiger partial charge in [0.15, 0.2) is 5.11 Å². The zero-order chi connectivity index (χ0) is 22.7. The van der Waals surface area contributed by atoms with Crippen molar-refractivity contribution in [1.82, 2.24) is 20.1 Å². The van der Waals surface area contributed by atoms with Crippen LogP contribution in [0.4, 0.5) is 0 Å².